The summed E-state index contributed by atoms with van der Waals surface area (Å²) < 4.78 is 4.60. The highest BCUT2D eigenvalue weighted by Crippen LogP contribution is 2.41. The molecule has 0 saturated heterocycles. The molecule has 0 aliphatic heterocycles. The summed E-state index contributed by atoms with van der Waals surface area (Å²) in [6, 6.07) is 2.40. The van der Waals surface area contributed by atoms with Crippen LogP contribution in [0.2, 0.25) is 0 Å². The summed E-state index contributed by atoms with van der Waals surface area (Å²) in [6.45, 7) is 0. The van der Waals surface area contributed by atoms with Crippen molar-refractivity contribution in [2.45, 2.75) is 0 Å². The van der Waals surface area contributed by atoms with E-state index in [4.69, 9.17) is 15.3 Å². The molecule has 4 heteroatoms. The third-order valence-corrected chi connectivity index (χ3v) is 1.29. The van der Waals surface area contributed by atoms with Crippen LogP contribution in [0.3, 0.4) is 0 Å². The van der Waals surface area contributed by atoms with Gasteiger partial charge in [-0.15, -0.1) is 0 Å². The molecule has 0 unspecified atom stereocenters. The average molecular weight is 156 g/mol. The number of phenols is 3. The van der Waals surface area contributed by atoms with Gasteiger partial charge in [0.2, 0.25) is 11.5 Å². The van der Waals surface area contributed by atoms with Gasteiger partial charge in [-0.3, -0.25) is 0 Å². The van der Waals surface area contributed by atoms with Crippen molar-refractivity contribution in [2.75, 3.05) is 7.11 Å². The summed E-state index contributed by atoms with van der Waals surface area (Å²) in [4.78, 5) is 0. The first-order valence-electron chi connectivity index (χ1n) is 2.94. The fourth-order valence-corrected chi connectivity index (χ4v) is 0.751. The van der Waals surface area contributed by atoms with Crippen LogP contribution in [0.4, 0.5) is 0 Å². The number of phenolic OH excluding ortho intramolecular Hbond substituents is 3. The summed E-state index contributed by atoms with van der Waals surface area (Å²) >= 11 is 0. The normalized spacial score (nSPS) is 9.55. The monoisotopic (exact) mass is 156 g/mol. The van der Waals surface area contributed by atoms with Gasteiger partial charge in [0.15, 0.2) is 11.5 Å². The Bertz CT molecular complexity index is 269. The molecule has 0 amide bonds. The smallest absolute Gasteiger partial charge is 0.206 e. The van der Waals surface area contributed by atoms with Crippen LogP contribution in [0.1, 0.15) is 0 Å². The summed E-state index contributed by atoms with van der Waals surface area (Å²) in [7, 11) is 1.29. The maximum atomic E-state index is 9.04. The van der Waals surface area contributed by atoms with Crippen LogP contribution in [-0.2, 0) is 0 Å². The predicted molar refractivity (Wildman–Crippen MR) is 38.0 cm³/mol. The molecule has 3 N–H and O–H groups in total. The van der Waals surface area contributed by atoms with Crippen molar-refractivity contribution in [3.05, 3.63) is 12.1 Å². The van der Waals surface area contributed by atoms with Crippen molar-refractivity contribution in [2.24, 2.45) is 0 Å². The largest absolute Gasteiger partial charge is 0.504 e. The molecule has 0 heterocycles. The first kappa shape index (κ1) is 7.53. The highest BCUT2D eigenvalue weighted by Gasteiger charge is 2.10. The zero-order valence-corrected chi connectivity index (χ0v) is 5.90. The van der Waals surface area contributed by atoms with Crippen LogP contribution >= 0.6 is 0 Å². The van der Waals surface area contributed by atoms with Crippen LogP contribution in [0, 0.1) is 0 Å². The first-order valence-corrected chi connectivity index (χ1v) is 2.94. The lowest BCUT2D eigenvalue weighted by Gasteiger charge is -2.05. The van der Waals surface area contributed by atoms with E-state index in [1.807, 2.05) is 0 Å². The van der Waals surface area contributed by atoms with Crippen LogP contribution in [-0.4, -0.2) is 22.4 Å². The van der Waals surface area contributed by atoms with Gasteiger partial charge in [0, 0.05) is 0 Å². The fraction of sp³-hybridized carbons (Fsp3) is 0.143. The molecule has 0 radical (unpaired) electrons. The Morgan fingerprint density at radius 2 is 1.64 bits per heavy atom. The van der Waals surface area contributed by atoms with E-state index >= 15 is 0 Å². The van der Waals surface area contributed by atoms with Crippen molar-refractivity contribution in [3.63, 3.8) is 0 Å². The van der Waals surface area contributed by atoms with E-state index < -0.39 is 5.75 Å². The second kappa shape index (κ2) is 2.57. The quantitative estimate of drug-likeness (QED) is 0.415. The SMILES string of the molecule is COc1c(O)ccc(O)c1O. The van der Waals surface area contributed by atoms with Gasteiger partial charge in [-0.05, 0) is 12.1 Å². The summed E-state index contributed by atoms with van der Waals surface area (Å²) in [5.41, 5.74) is 0. The van der Waals surface area contributed by atoms with E-state index in [2.05, 4.69) is 4.74 Å². The molecule has 0 spiro atoms. The lowest BCUT2D eigenvalue weighted by Crippen LogP contribution is -1.84. The Hall–Kier alpha value is -1.58. The molecule has 0 aliphatic carbocycles. The Morgan fingerprint density at radius 1 is 1.09 bits per heavy atom. The zero-order valence-electron chi connectivity index (χ0n) is 5.90. The van der Waals surface area contributed by atoms with Crippen molar-refractivity contribution in [1.29, 1.82) is 0 Å². The third-order valence-electron chi connectivity index (χ3n) is 1.29. The number of hydrogen-bond acceptors (Lipinski definition) is 4. The van der Waals surface area contributed by atoms with E-state index in [1.54, 1.807) is 0 Å². The number of ether oxygens (including phenoxy) is 1. The zero-order chi connectivity index (χ0) is 8.43. The maximum absolute atomic E-state index is 9.04. The third kappa shape index (κ3) is 1.14. The number of hydrogen-bond donors (Lipinski definition) is 3. The lowest BCUT2D eigenvalue weighted by molar-refractivity contribution is 0.329. The van der Waals surface area contributed by atoms with Crippen molar-refractivity contribution < 1.29 is 20.1 Å². The van der Waals surface area contributed by atoms with Gasteiger partial charge in [-0.25, -0.2) is 0 Å². The van der Waals surface area contributed by atoms with Crippen molar-refractivity contribution >= 4 is 0 Å². The molecule has 1 rings (SSSR count). The van der Waals surface area contributed by atoms with Crippen molar-refractivity contribution in [3.8, 4) is 23.0 Å². The highest BCUT2D eigenvalue weighted by molar-refractivity contribution is 5.56. The first-order chi connectivity index (χ1) is 5.16. The minimum atomic E-state index is -0.451. The molecule has 60 valence electrons. The second-order valence-electron chi connectivity index (χ2n) is 1.99. The highest BCUT2D eigenvalue weighted by atomic mass is 16.5. The minimum absolute atomic E-state index is 0.120. The van der Waals surface area contributed by atoms with E-state index in [0.29, 0.717) is 0 Å². The molecular weight excluding hydrogens is 148 g/mol. The van der Waals surface area contributed by atoms with Gasteiger partial charge in [0.05, 0.1) is 7.11 Å². The summed E-state index contributed by atoms with van der Waals surface area (Å²) in [5, 5.41) is 27.0. The minimum Gasteiger partial charge on any atom is -0.504 e. The summed E-state index contributed by atoms with van der Waals surface area (Å²) in [6.07, 6.45) is 0. The summed E-state index contributed by atoms with van der Waals surface area (Å²) in [5.74, 6) is -1.10. The van der Waals surface area contributed by atoms with Crippen molar-refractivity contribution in [1.82, 2.24) is 0 Å². The number of rotatable bonds is 1. The van der Waals surface area contributed by atoms with Gasteiger partial charge in [-0.1, -0.05) is 0 Å². The van der Waals surface area contributed by atoms with E-state index in [-0.39, 0.29) is 17.2 Å². The van der Waals surface area contributed by atoms with E-state index in [1.165, 1.54) is 19.2 Å². The molecule has 0 fully saturated rings. The van der Waals surface area contributed by atoms with Crippen LogP contribution in [0.25, 0.3) is 0 Å². The molecular formula is C7H8O4. The van der Waals surface area contributed by atoms with Crippen LogP contribution < -0.4 is 4.74 Å². The number of methoxy groups -OCH3 is 1. The predicted octanol–water partition coefficient (Wildman–Crippen LogP) is 0.812. The molecule has 0 atom stereocenters. The Morgan fingerprint density at radius 3 is 2.09 bits per heavy atom. The van der Waals surface area contributed by atoms with E-state index in [0.717, 1.165) is 0 Å². The molecule has 0 saturated carbocycles. The second-order valence-corrected chi connectivity index (χ2v) is 1.99. The fourth-order valence-electron chi connectivity index (χ4n) is 0.751. The molecule has 1 aromatic rings. The Balaban J connectivity index is 3.29. The average Bonchev–Trinajstić information content (AvgIpc) is 1.99. The Labute approximate surface area is 63.3 Å². The maximum Gasteiger partial charge on any atom is 0.206 e. The molecule has 4 nitrogen and oxygen atoms in total. The van der Waals surface area contributed by atoms with Gasteiger partial charge < -0.3 is 20.1 Å². The lowest BCUT2D eigenvalue weighted by atomic mass is 10.3. The standard InChI is InChI=1S/C7H8O4/c1-11-7-5(9)3-2-4(8)6(7)10/h2-3,8-10H,1H3. The molecule has 11 heavy (non-hydrogen) atoms. The number of benzene rings is 1. The topological polar surface area (TPSA) is 69.9 Å². The van der Waals surface area contributed by atoms with Gasteiger partial charge in [-0.2, -0.15) is 0 Å². The molecule has 0 aliphatic rings. The van der Waals surface area contributed by atoms with Gasteiger partial charge in [0.25, 0.3) is 0 Å². The van der Waals surface area contributed by atoms with Crippen LogP contribution in [0.15, 0.2) is 12.1 Å². The molecule has 0 aromatic heterocycles. The molecule has 1 aromatic carbocycles. The van der Waals surface area contributed by atoms with Crippen LogP contribution in [0.5, 0.6) is 23.0 Å². The number of aromatic hydroxyl groups is 3. The molecule has 0 bridgehead atoms. The Kier molecular flexibility index (Phi) is 1.76. The van der Waals surface area contributed by atoms with Gasteiger partial charge in [0.1, 0.15) is 0 Å². The van der Waals surface area contributed by atoms with Gasteiger partial charge >= 0.3 is 0 Å². The van der Waals surface area contributed by atoms with E-state index in [9.17, 15) is 0 Å².